The first kappa shape index (κ1) is 18.5. The zero-order chi connectivity index (χ0) is 19.3. The standard InChI is InChI=1S/C23H27N3O2/c1-17-8-6-7-9-18(17)15-24-23-25-21-14-20(28-16-27)12-13-22(21)26(23)19-10-4-2-3-5-11-19/h6-9,12-14,16,19H,2-5,10-11,15H2,1H3,(H,24,25). The maximum atomic E-state index is 10.7. The van der Waals surface area contributed by atoms with E-state index in [0.29, 0.717) is 18.3 Å². The third kappa shape index (κ3) is 3.88. The van der Waals surface area contributed by atoms with Crippen molar-refractivity contribution in [3.05, 3.63) is 53.6 Å². The van der Waals surface area contributed by atoms with E-state index in [0.717, 1.165) is 23.5 Å². The molecule has 1 heterocycles. The van der Waals surface area contributed by atoms with E-state index in [-0.39, 0.29) is 0 Å². The van der Waals surface area contributed by atoms with Gasteiger partial charge in [-0.1, -0.05) is 49.9 Å². The van der Waals surface area contributed by atoms with E-state index in [1.54, 1.807) is 0 Å². The largest absolute Gasteiger partial charge is 0.429 e. The zero-order valence-electron chi connectivity index (χ0n) is 16.4. The molecule has 1 fully saturated rings. The topological polar surface area (TPSA) is 56.2 Å². The average molecular weight is 377 g/mol. The number of hydrogen-bond donors (Lipinski definition) is 1. The van der Waals surface area contributed by atoms with Crippen molar-refractivity contribution in [3.63, 3.8) is 0 Å². The van der Waals surface area contributed by atoms with Crippen LogP contribution in [0.2, 0.25) is 0 Å². The predicted molar refractivity (Wildman–Crippen MR) is 112 cm³/mol. The van der Waals surface area contributed by atoms with E-state index >= 15 is 0 Å². The molecule has 1 aliphatic carbocycles. The minimum atomic E-state index is 0.449. The fourth-order valence-corrected chi connectivity index (χ4v) is 4.20. The first-order valence-electron chi connectivity index (χ1n) is 10.2. The number of imidazole rings is 1. The Labute approximate surface area is 165 Å². The number of benzene rings is 2. The number of anilines is 1. The first-order valence-corrected chi connectivity index (χ1v) is 10.2. The van der Waals surface area contributed by atoms with Gasteiger partial charge in [0.05, 0.1) is 11.0 Å². The molecule has 0 unspecified atom stereocenters. The van der Waals surface area contributed by atoms with E-state index < -0.39 is 0 Å². The number of fused-ring (bicyclic) bond motifs is 1. The van der Waals surface area contributed by atoms with Crippen LogP contribution in [0.1, 0.15) is 55.7 Å². The minimum Gasteiger partial charge on any atom is -0.429 e. The van der Waals surface area contributed by atoms with E-state index in [2.05, 4.69) is 41.1 Å². The number of hydrogen-bond acceptors (Lipinski definition) is 4. The van der Waals surface area contributed by atoms with Crippen LogP contribution in [0.25, 0.3) is 11.0 Å². The number of carbonyl (C=O) groups excluding carboxylic acids is 1. The van der Waals surface area contributed by atoms with Gasteiger partial charge in [-0.05, 0) is 43.0 Å². The molecule has 0 amide bonds. The summed E-state index contributed by atoms with van der Waals surface area (Å²) >= 11 is 0. The van der Waals surface area contributed by atoms with E-state index in [1.165, 1.54) is 49.7 Å². The minimum absolute atomic E-state index is 0.449. The molecule has 4 rings (SSSR count). The second-order valence-electron chi connectivity index (χ2n) is 7.60. The summed E-state index contributed by atoms with van der Waals surface area (Å²) in [5, 5.41) is 3.57. The van der Waals surface area contributed by atoms with Crippen molar-refractivity contribution < 1.29 is 9.53 Å². The summed E-state index contributed by atoms with van der Waals surface area (Å²) in [6.45, 7) is 3.33. The summed E-state index contributed by atoms with van der Waals surface area (Å²) in [7, 11) is 0. The summed E-state index contributed by atoms with van der Waals surface area (Å²) < 4.78 is 7.39. The van der Waals surface area contributed by atoms with Crippen molar-refractivity contribution in [1.82, 2.24) is 9.55 Å². The van der Waals surface area contributed by atoms with Gasteiger partial charge in [-0.15, -0.1) is 0 Å². The molecule has 0 saturated heterocycles. The maximum absolute atomic E-state index is 10.7. The number of carbonyl (C=O) groups is 1. The Hall–Kier alpha value is -2.82. The summed E-state index contributed by atoms with van der Waals surface area (Å²) in [6, 6.07) is 14.6. The van der Waals surface area contributed by atoms with Crippen molar-refractivity contribution in [2.45, 2.75) is 58.0 Å². The van der Waals surface area contributed by atoms with Gasteiger partial charge in [0.1, 0.15) is 5.75 Å². The zero-order valence-corrected chi connectivity index (χ0v) is 16.4. The summed E-state index contributed by atoms with van der Waals surface area (Å²) in [5.41, 5.74) is 4.49. The molecule has 146 valence electrons. The third-order valence-corrected chi connectivity index (χ3v) is 5.73. The van der Waals surface area contributed by atoms with Gasteiger partial charge in [0.2, 0.25) is 5.95 Å². The van der Waals surface area contributed by atoms with Crippen molar-refractivity contribution >= 4 is 23.5 Å². The van der Waals surface area contributed by atoms with Crippen LogP contribution < -0.4 is 10.1 Å². The molecular formula is C23H27N3O2. The van der Waals surface area contributed by atoms with E-state index in [4.69, 9.17) is 9.72 Å². The quantitative estimate of drug-likeness (QED) is 0.462. The molecule has 5 heteroatoms. The highest BCUT2D eigenvalue weighted by Crippen LogP contribution is 2.34. The second-order valence-corrected chi connectivity index (χ2v) is 7.60. The van der Waals surface area contributed by atoms with Gasteiger partial charge < -0.3 is 14.6 Å². The van der Waals surface area contributed by atoms with Crippen LogP contribution in [0.5, 0.6) is 5.75 Å². The predicted octanol–water partition coefficient (Wildman–Crippen LogP) is 5.39. The Morgan fingerprint density at radius 2 is 1.93 bits per heavy atom. The lowest BCUT2D eigenvalue weighted by Gasteiger charge is -2.21. The van der Waals surface area contributed by atoms with Gasteiger partial charge >= 0.3 is 0 Å². The van der Waals surface area contributed by atoms with Crippen molar-refractivity contribution in [2.24, 2.45) is 0 Å². The highest BCUT2D eigenvalue weighted by Gasteiger charge is 2.21. The van der Waals surface area contributed by atoms with Crippen molar-refractivity contribution in [1.29, 1.82) is 0 Å². The SMILES string of the molecule is Cc1ccccc1CNc1nc2cc(OC=O)ccc2n1C1CCCCCC1. The van der Waals surface area contributed by atoms with Gasteiger partial charge in [-0.3, -0.25) is 4.79 Å². The smallest absolute Gasteiger partial charge is 0.298 e. The molecule has 0 spiro atoms. The number of rotatable bonds is 6. The van der Waals surface area contributed by atoms with Crippen molar-refractivity contribution in [3.8, 4) is 5.75 Å². The van der Waals surface area contributed by atoms with Crippen LogP contribution in [0.15, 0.2) is 42.5 Å². The van der Waals surface area contributed by atoms with E-state index in [1.807, 2.05) is 18.2 Å². The lowest BCUT2D eigenvalue weighted by Crippen LogP contribution is -2.13. The van der Waals surface area contributed by atoms with Gasteiger partial charge in [0.15, 0.2) is 0 Å². The van der Waals surface area contributed by atoms with E-state index in [9.17, 15) is 4.79 Å². The average Bonchev–Trinajstić information content (AvgIpc) is 2.86. The molecule has 0 atom stereocenters. The lowest BCUT2D eigenvalue weighted by atomic mass is 10.1. The number of nitrogens with zero attached hydrogens (tertiary/aromatic N) is 2. The van der Waals surface area contributed by atoms with Crippen LogP contribution in [0, 0.1) is 6.92 Å². The van der Waals surface area contributed by atoms with Crippen LogP contribution >= 0.6 is 0 Å². The normalized spacial score (nSPS) is 15.3. The molecule has 5 nitrogen and oxygen atoms in total. The van der Waals surface area contributed by atoms with Crippen LogP contribution in [-0.4, -0.2) is 16.0 Å². The van der Waals surface area contributed by atoms with Gasteiger partial charge in [-0.25, -0.2) is 4.98 Å². The van der Waals surface area contributed by atoms with Crippen LogP contribution in [0.3, 0.4) is 0 Å². The summed E-state index contributed by atoms with van der Waals surface area (Å²) in [6.07, 6.45) is 7.49. The lowest BCUT2D eigenvalue weighted by molar-refractivity contribution is -0.120. The molecule has 0 radical (unpaired) electrons. The van der Waals surface area contributed by atoms with Crippen molar-refractivity contribution in [2.75, 3.05) is 5.32 Å². The summed E-state index contributed by atoms with van der Waals surface area (Å²) in [5.74, 6) is 1.42. The highest BCUT2D eigenvalue weighted by molar-refractivity contribution is 5.81. The molecule has 0 bridgehead atoms. The van der Waals surface area contributed by atoms with Gasteiger partial charge in [0, 0.05) is 18.7 Å². The van der Waals surface area contributed by atoms with Gasteiger partial charge in [-0.2, -0.15) is 0 Å². The number of ether oxygens (including phenoxy) is 1. The Balaban J connectivity index is 1.70. The maximum Gasteiger partial charge on any atom is 0.298 e. The molecule has 1 aromatic heterocycles. The fraction of sp³-hybridized carbons (Fsp3) is 0.391. The molecule has 1 saturated carbocycles. The molecule has 0 aliphatic heterocycles. The fourth-order valence-electron chi connectivity index (χ4n) is 4.20. The third-order valence-electron chi connectivity index (χ3n) is 5.73. The van der Waals surface area contributed by atoms with Crippen LogP contribution in [-0.2, 0) is 11.3 Å². The molecule has 3 aromatic rings. The summed E-state index contributed by atoms with van der Waals surface area (Å²) in [4.78, 5) is 15.6. The Morgan fingerprint density at radius 1 is 1.14 bits per heavy atom. The molecular weight excluding hydrogens is 350 g/mol. The monoisotopic (exact) mass is 377 g/mol. The highest BCUT2D eigenvalue weighted by atomic mass is 16.5. The Kier molecular flexibility index (Phi) is 5.60. The van der Waals surface area contributed by atoms with Gasteiger partial charge in [0.25, 0.3) is 6.47 Å². The molecule has 1 aliphatic rings. The Morgan fingerprint density at radius 3 is 2.68 bits per heavy atom. The first-order chi connectivity index (χ1) is 13.8. The second kappa shape index (κ2) is 8.46. The van der Waals surface area contributed by atoms with Crippen LogP contribution in [0.4, 0.5) is 5.95 Å². The molecule has 1 N–H and O–H groups in total. The number of aryl methyl sites for hydroxylation is 1. The Bertz CT molecular complexity index is 956. The number of aromatic nitrogens is 2. The molecule has 2 aromatic carbocycles. The number of nitrogens with one attached hydrogen (secondary N) is 1. The molecule has 28 heavy (non-hydrogen) atoms.